The Morgan fingerprint density at radius 2 is 1.55 bits per heavy atom. The number of halogens is 1. The average molecular weight is 288 g/mol. The van der Waals surface area contributed by atoms with Crippen molar-refractivity contribution in [3.05, 3.63) is 71.3 Å². The zero-order valence-corrected chi connectivity index (χ0v) is 12.0. The lowest BCUT2D eigenvalue weighted by Gasteiger charge is -2.11. The fourth-order valence-electron chi connectivity index (χ4n) is 2.46. The van der Waals surface area contributed by atoms with Crippen LogP contribution in [0.5, 0.6) is 5.75 Å². The molecule has 0 aromatic heterocycles. The highest BCUT2D eigenvalue weighted by atomic mass is 35.5. The first-order chi connectivity index (χ1) is 9.31. The number of rotatable bonds is 3. The van der Waals surface area contributed by atoms with Gasteiger partial charge in [-0.05, 0) is 28.8 Å². The normalized spacial score (nSPS) is 14.2. The third kappa shape index (κ3) is 3.41. The number of fused-ring (bicyclic) bond motifs is 1. The van der Waals surface area contributed by atoms with E-state index in [0.29, 0.717) is 5.75 Å². The topological polar surface area (TPSA) is 23.5 Å². The van der Waals surface area contributed by atoms with E-state index in [1.807, 2.05) is 12.1 Å². The molecule has 20 heavy (non-hydrogen) atoms. The molecule has 1 heterocycles. The zero-order chi connectivity index (χ0) is 13.1. The van der Waals surface area contributed by atoms with Crippen LogP contribution in [0.3, 0.4) is 0 Å². The van der Waals surface area contributed by atoms with E-state index in [-0.39, 0.29) is 12.4 Å². The summed E-state index contributed by atoms with van der Waals surface area (Å²) in [6.07, 6.45) is 4.28. The minimum Gasteiger partial charge on any atom is -0.508 e. The number of hydrogen-bond donors (Lipinski definition) is 1. The molecule has 2 nitrogen and oxygen atoms in total. The van der Waals surface area contributed by atoms with Crippen molar-refractivity contribution in [1.29, 1.82) is 0 Å². The van der Waals surface area contributed by atoms with Gasteiger partial charge in [0.05, 0.1) is 0 Å². The van der Waals surface area contributed by atoms with Gasteiger partial charge in [-0.25, -0.2) is 0 Å². The van der Waals surface area contributed by atoms with Crippen LogP contribution in [0.25, 0.3) is 6.08 Å². The van der Waals surface area contributed by atoms with Gasteiger partial charge in [-0.15, -0.1) is 12.4 Å². The Morgan fingerprint density at radius 1 is 0.950 bits per heavy atom. The molecule has 0 fully saturated rings. The fraction of sp³-hybridized carbons (Fsp3) is 0.176. The van der Waals surface area contributed by atoms with Crippen molar-refractivity contribution in [2.45, 2.75) is 13.1 Å². The molecule has 104 valence electrons. The Balaban J connectivity index is 0.00000147. The summed E-state index contributed by atoms with van der Waals surface area (Å²) in [7, 11) is 0. The average Bonchev–Trinajstić information content (AvgIpc) is 2.83. The second kappa shape index (κ2) is 6.60. The van der Waals surface area contributed by atoms with Crippen LogP contribution in [0.1, 0.15) is 16.7 Å². The smallest absolute Gasteiger partial charge is 0.115 e. The Labute approximate surface area is 125 Å². The summed E-state index contributed by atoms with van der Waals surface area (Å²) in [6.45, 7) is 3.03. The predicted octanol–water partition coefficient (Wildman–Crippen LogP) is 3.84. The number of hydrogen-bond acceptors (Lipinski definition) is 2. The summed E-state index contributed by atoms with van der Waals surface area (Å²) in [5.74, 6) is 0.312. The molecule has 0 spiro atoms. The van der Waals surface area contributed by atoms with E-state index in [0.717, 1.165) is 25.2 Å². The minimum atomic E-state index is 0. The van der Waals surface area contributed by atoms with Crippen molar-refractivity contribution in [2.24, 2.45) is 0 Å². The molecule has 2 aromatic carbocycles. The van der Waals surface area contributed by atoms with Crippen molar-refractivity contribution in [3.63, 3.8) is 0 Å². The minimum absolute atomic E-state index is 0. The summed E-state index contributed by atoms with van der Waals surface area (Å²) >= 11 is 0. The maximum atomic E-state index is 9.22. The molecule has 3 rings (SSSR count). The van der Waals surface area contributed by atoms with Gasteiger partial charge in [-0.3, -0.25) is 4.90 Å². The summed E-state index contributed by atoms with van der Waals surface area (Å²) < 4.78 is 0. The van der Waals surface area contributed by atoms with Crippen LogP contribution in [-0.4, -0.2) is 16.6 Å². The SMILES string of the molecule is Cl.Oc1ccc(C=CCN2Cc3ccccc3C2)cc1. The standard InChI is InChI=1S/C17H17NO.ClH/c19-17-9-7-14(8-10-17)4-3-11-18-12-15-5-1-2-6-16(15)13-18;/h1-10,19H,11-13H2;1H. The molecular weight excluding hydrogens is 270 g/mol. The number of phenolic OH excluding ortho intramolecular Hbond substituents is 1. The summed E-state index contributed by atoms with van der Waals surface area (Å²) in [4.78, 5) is 2.42. The molecule has 0 bridgehead atoms. The van der Waals surface area contributed by atoms with Crippen LogP contribution < -0.4 is 0 Å². The maximum absolute atomic E-state index is 9.22. The van der Waals surface area contributed by atoms with Crippen LogP contribution >= 0.6 is 12.4 Å². The largest absolute Gasteiger partial charge is 0.508 e. The van der Waals surface area contributed by atoms with Crippen LogP contribution in [0.15, 0.2) is 54.6 Å². The molecule has 0 radical (unpaired) electrons. The number of nitrogens with zero attached hydrogens (tertiary/aromatic N) is 1. The molecular formula is C17H18ClNO. The van der Waals surface area contributed by atoms with E-state index >= 15 is 0 Å². The van der Waals surface area contributed by atoms with Gasteiger partial charge in [0.25, 0.3) is 0 Å². The van der Waals surface area contributed by atoms with E-state index in [4.69, 9.17) is 0 Å². The molecule has 0 aliphatic carbocycles. The van der Waals surface area contributed by atoms with Gasteiger partial charge >= 0.3 is 0 Å². The number of aromatic hydroxyl groups is 1. The highest BCUT2D eigenvalue weighted by molar-refractivity contribution is 5.85. The fourth-order valence-corrected chi connectivity index (χ4v) is 2.46. The zero-order valence-electron chi connectivity index (χ0n) is 11.2. The van der Waals surface area contributed by atoms with Crippen LogP contribution in [0.4, 0.5) is 0 Å². The molecule has 0 unspecified atom stereocenters. The van der Waals surface area contributed by atoms with Gasteiger partial charge in [0.15, 0.2) is 0 Å². The third-order valence-electron chi connectivity index (χ3n) is 3.47. The highest BCUT2D eigenvalue weighted by Gasteiger charge is 2.16. The first-order valence-corrected chi connectivity index (χ1v) is 6.56. The lowest BCUT2D eigenvalue weighted by Crippen LogP contribution is -2.15. The van der Waals surface area contributed by atoms with Crippen molar-refractivity contribution in [3.8, 4) is 5.75 Å². The molecule has 0 saturated heterocycles. The second-order valence-corrected chi connectivity index (χ2v) is 4.93. The van der Waals surface area contributed by atoms with Crippen molar-refractivity contribution in [1.82, 2.24) is 4.90 Å². The van der Waals surface area contributed by atoms with E-state index in [1.54, 1.807) is 12.1 Å². The lowest BCUT2D eigenvalue weighted by molar-refractivity contribution is 0.317. The first kappa shape index (κ1) is 14.6. The van der Waals surface area contributed by atoms with Crippen molar-refractivity contribution in [2.75, 3.05) is 6.54 Å². The molecule has 2 aromatic rings. The molecule has 3 heteroatoms. The molecule has 1 N–H and O–H groups in total. The number of phenols is 1. The van der Waals surface area contributed by atoms with Gasteiger partial charge in [0.1, 0.15) is 5.75 Å². The van der Waals surface area contributed by atoms with Gasteiger partial charge in [0.2, 0.25) is 0 Å². The van der Waals surface area contributed by atoms with E-state index in [9.17, 15) is 5.11 Å². The van der Waals surface area contributed by atoms with Gasteiger partial charge in [-0.2, -0.15) is 0 Å². The van der Waals surface area contributed by atoms with Crippen LogP contribution in [0, 0.1) is 0 Å². The van der Waals surface area contributed by atoms with Crippen LogP contribution in [-0.2, 0) is 13.1 Å². The van der Waals surface area contributed by atoms with Crippen molar-refractivity contribution < 1.29 is 5.11 Å². The molecule has 0 atom stereocenters. The van der Waals surface area contributed by atoms with E-state index in [2.05, 4.69) is 41.3 Å². The van der Waals surface area contributed by atoms with E-state index < -0.39 is 0 Å². The Hall–Kier alpha value is -1.77. The number of benzene rings is 2. The quantitative estimate of drug-likeness (QED) is 0.927. The Bertz CT molecular complexity index is 567. The summed E-state index contributed by atoms with van der Waals surface area (Å²) in [6, 6.07) is 15.9. The Kier molecular flexibility index (Phi) is 4.83. The Morgan fingerprint density at radius 3 is 2.15 bits per heavy atom. The summed E-state index contributed by atoms with van der Waals surface area (Å²) in [5, 5.41) is 9.22. The first-order valence-electron chi connectivity index (χ1n) is 6.56. The second-order valence-electron chi connectivity index (χ2n) is 4.93. The third-order valence-corrected chi connectivity index (χ3v) is 3.47. The molecule has 1 aliphatic rings. The predicted molar refractivity (Wildman–Crippen MR) is 84.9 cm³/mol. The molecule has 0 saturated carbocycles. The van der Waals surface area contributed by atoms with Gasteiger partial charge < -0.3 is 5.11 Å². The maximum Gasteiger partial charge on any atom is 0.115 e. The van der Waals surface area contributed by atoms with Crippen LogP contribution in [0.2, 0.25) is 0 Å². The lowest BCUT2D eigenvalue weighted by atomic mass is 10.1. The van der Waals surface area contributed by atoms with Crippen molar-refractivity contribution >= 4 is 18.5 Å². The molecule has 1 aliphatic heterocycles. The van der Waals surface area contributed by atoms with Gasteiger partial charge in [0, 0.05) is 19.6 Å². The molecule has 0 amide bonds. The van der Waals surface area contributed by atoms with Gasteiger partial charge in [-0.1, -0.05) is 48.6 Å². The summed E-state index contributed by atoms with van der Waals surface area (Å²) in [5.41, 5.74) is 4.01. The monoisotopic (exact) mass is 287 g/mol. The highest BCUT2D eigenvalue weighted by Crippen LogP contribution is 2.21. The van der Waals surface area contributed by atoms with E-state index in [1.165, 1.54) is 11.1 Å².